The minimum Gasteiger partial charge on any atom is -0.280 e. The summed E-state index contributed by atoms with van der Waals surface area (Å²) in [6, 6.07) is 6.27. The molecule has 1 aromatic rings. The van der Waals surface area contributed by atoms with Crippen molar-refractivity contribution in [3.8, 4) is 6.07 Å². The van der Waals surface area contributed by atoms with Crippen LogP contribution in [0.5, 0.6) is 0 Å². The van der Waals surface area contributed by atoms with Crippen molar-refractivity contribution in [1.82, 2.24) is 0 Å². The van der Waals surface area contributed by atoms with Crippen LogP contribution in [0.15, 0.2) is 34.8 Å². The van der Waals surface area contributed by atoms with Gasteiger partial charge >= 0.3 is 0 Å². The van der Waals surface area contributed by atoms with Gasteiger partial charge in [0.2, 0.25) is 0 Å². The Morgan fingerprint density at radius 1 is 1.18 bits per heavy atom. The van der Waals surface area contributed by atoms with Crippen LogP contribution in [-0.2, 0) is 9.84 Å². The highest BCUT2D eigenvalue weighted by atomic mass is 32.2. The van der Waals surface area contributed by atoms with E-state index in [1.54, 1.807) is 26.8 Å². The van der Waals surface area contributed by atoms with E-state index in [2.05, 4.69) is 4.99 Å². The van der Waals surface area contributed by atoms with Crippen LogP contribution >= 0.6 is 0 Å². The molecular weight excluding hydrogens is 375 g/mol. The van der Waals surface area contributed by atoms with Crippen molar-refractivity contribution >= 4 is 15.5 Å². The molecule has 3 rings (SSSR count). The maximum Gasteiger partial charge on any atom is 0.155 e. The Labute approximate surface area is 167 Å². The lowest BCUT2D eigenvalue weighted by Gasteiger charge is -2.31. The fourth-order valence-corrected chi connectivity index (χ4v) is 5.38. The first-order chi connectivity index (χ1) is 13.1. The molecule has 1 aliphatic heterocycles. The molecular formula is C22H27FN2O2S. The molecule has 1 heterocycles. The van der Waals surface area contributed by atoms with E-state index in [0.29, 0.717) is 23.6 Å². The van der Waals surface area contributed by atoms with E-state index in [0.717, 1.165) is 31.4 Å². The highest BCUT2D eigenvalue weighted by Crippen LogP contribution is 2.36. The molecule has 1 fully saturated rings. The summed E-state index contributed by atoms with van der Waals surface area (Å²) in [6.07, 6.45) is 5.76. The van der Waals surface area contributed by atoms with Crippen molar-refractivity contribution in [3.05, 3.63) is 46.8 Å². The molecule has 150 valence electrons. The molecule has 4 nitrogen and oxygen atoms in total. The molecule has 0 radical (unpaired) electrons. The van der Waals surface area contributed by atoms with Crippen LogP contribution in [0, 0.1) is 29.0 Å². The van der Waals surface area contributed by atoms with E-state index in [9.17, 15) is 12.8 Å². The van der Waals surface area contributed by atoms with E-state index < -0.39 is 20.4 Å². The van der Waals surface area contributed by atoms with Crippen molar-refractivity contribution in [3.63, 3.8) is 0 Å². The van der Waals surface area contributed by atoms with Gasteiger partial charge < -0.3 is 0 Å². The Morgan fingerprint density at radius 2 is 1.86 bits per heavy atom. The number of halogens is 1. The van der Waals surface area contributed by atoms with Gasteiger partial charge in [0.05, 0.1) is 34.4 Å². The summed E-state index contributed by atoms with van der Waals surface area (Å²) < 4.78 is 37.9. The maximum absolute atomic E-state index is 13.7. The lowest BCUT2D eigenvalue weighted by atomic mass is 9.79. The van der Waals surface area contributed by atoms with Gasteiger partial charge in [-0.3, -0.25) is 4.99 Å². The summed E-state index contributed by atoms with van der Waals surface area (Å²) in [6.45, 7) is 5.89. The first kappa shape index (κ1) is 20.7. The molecule has 2 aliphatic rings. The number of benzene rings is 1. The number of nitrogens with zero attached hydrogens (tertiary/aromatic N) is 2. The highest BCUT2D eigenvalue weighted by Gasteiger charge is 2.34. The van der Waals surface area contributed by atoms with Crippen molar-refractivity contribution in [2.24, 2.45) is 16.8 Å². The quantitative estimate of drug-likeness (QED) is 0.747. The number of rotatable bonds is 4. The van der Waals surface area contributed by atoms with E-state index in [-0.39, 0.29) is 11.7 Å². The van der Waals surface area contributed by atoms with Gasteiger partial charge in [0.25, 0.3) is 0 Å². The second-order valence-corrected chi connectivity index (χ2v) is 11.7. The Bertz CT molecular complexity index is 957. The molecule has 1 aliphatic carbocycles. The normalized spacial score (nSPS) is 23.1. The molecule has 0 amide bonds. The first-order valence-corrected chi connectivity index (χ1v) is 11.4. The van der Waals surface area contributed by atoms with Crippen LogP contribution in [0.4, 0.5) is 4.39 Å². The van der Waals surface area contributed by atoms with Gasteiger partial charge in [-0.25, -0.2) is 12.8 Å². The average molecular weight is 403 g/mol. The third-order valence-corrected chi connectivity index (χ3v) is 8.61. The predicted molar refractivity (Wildman–Crippen MR) is 110 cm³/mol. The smallest absolute Gasteiger partial charge is 0.155 e. The molecule has 0 aromatic heterocycles. The van der Waals surface area contributed by atoms with Gasteiger partial charge in [-0.15, -0.1) is 0 Å². The fourth-order valence-electron chi connectivity index (χ4n) is 3.93. The first-order valence-electron chi connectivity index (χ1n) is 9.77. The molecule has 28 heavy (non-hydrogen) atoms. The van der Waals surface area contributed by atoms with Crippen LogP contribution in [0.1, 0.15) is 57.6 Å². The Morgan fingerprint density at radius 3 is 2.46 bits per heavy atom. The van der Waals surface area contributed by atoms with E-state index in [4.69, 9.17) is 5.26 Å². The fraction of sp³-hybridized carbons (Fsp3) is 0.545. The minimum atomic E-state index is -3.09. The largest absolute Gasteiger partial charge is 0.280 e. The Kier molecular flexibility index (Phi) is 5.77. The lowest BCUT2D eigenvalue weighted by Crippen LogP contribution is -2.34. The van der Waals surface area contributed by atoms with E-state index in [1.165, 1.54) is 17.7 Å². The monoisotopic (exact) mass is 402 g/mol. The van der Waals surface area contributed by atoms with Gasteiger partial charge in [-0.2, -0.15) is 5.26 Å². The highest BCUT2D eigenvalue weighted by molar-refractivity contribution is 7.92. The van der Waals surface area contributed by atoms with Crippen LogP contribution < -0.4 is 0 Å². The number of aliphatic imine (C=N–C) groups is 1. The molecule has 6 heteroatoms. The van der Waals surface area contributed by atoms with Gasteiger partial charge in [-0.05, 0) is 88.1 Å². The van der Waals surface area contributed by atoms with Crippen molar-refractivity contribution < 1.29 is 12.8 Å². The number of allylic oxidation sites excluding steroid dienone is 1. The SMILES string of the molecule is CC(C)(C)S(=O)(=O)CC1CCC(C2=CC(c3cc(F)cc(C#N)c3)=NC2)CC1. The summed E-state index contributed by atoms with van der Waals surface area (Å²) in [5.41, 5.74) is 2.88. The van der Waals surface area contributed by atoms with Crippen LogP contribution in [0.3, 0.4) is 0 Å². The molecule has 0 N–H and O–H groups in total. The topological polar surface area (TPSA) is 70.3 Å². The van der Waals surface area contributed by atoms with Crippen molar-refractivity contribution in [2.45, 2.75) is 51.2 Å². The lowest BCUT2D eigenvalue weighted by molar-refractivity contribution is 0.319. The van der Waals surface area contributed by atoms with Crippen molar-refractivity contribution in [2.75, 3.05) is 12.3 Å². The summed E-state index contributed by atoms with van der Waals surface area (Å²) in [5, 5.41) is 9.03. The zero-order valence-corrected chi connectivity index (χ0v) is 17.5. The van der Waals surface area contributed by atoms with Gasteiger partial charge in [0, 0.05) is 5.56 Å². The van der Waals surface area contributed by atoms with Crippen LogP contribution in [0.25, 0.3) is 0 Å². The second-order valence-electron chi connectivity index (χ2n) is 8.87. The summed E-state index contributed by atoms with van der Waals surface area (Å²) in [5.74, 6) is 0.465. The van der Waals surface area contributed by atoms with E-state index >= 15 is 0 Å². The predicted octanol–water partition coefficient (Wildman–Crippen LogP) is 4.45. The average Bonchev–Trinajstić information content (AvgIpc) is 3.10. The number of sulfone groups is 1. The number of nitriles is 1. The number of hydrogen-bond donors (Lipinski definition) is 0. The molecule has 0 bridgehead atoms. The summed E-state index contributed by atoms with van der Waals surface area (Å²) >= 11 is 0. The van der Waals surface area contributed by atoms with Gasteiger partial charge in [0.1, 0.15) is 5.82 Å². The molecule has 0 spiro atoms. The molecule has 1 aromatic carbocycles. The van der Waals surface area contributed by atoms with Crippen LogP contribution in [-0.4, -0.2) is 31.2 Å². The molecule has 0 atom stereocenters. The minimum absolute atomic E-state index is 0.226. The van der Waals surface area contributed by atoms with Gasteiger partial charge in [-0.1, -0.05) is 0 Å². The molecule has 1 saturated carbocycles. The van der Waals surface area contributed by atoms with Gasteiger partial charge in [0.15, 0.2) is 9.84 Å². The zero-order chi connectivity index (χ0) is 20.5. The van der Waals surface area contributed by atoms with E-state index in [1.807, 2.05) is 12.1 Å². The zero-order valence-electron chi connectivity index (χ0n) is 16.7. The molecule has 0 unspecified atom stereocenters. The third-order valence-electron chi connectivity index (χ3n) is 5.84. The summed E-state index contributed by atoms with van der Waals surface area (Å²) in [4.78, 5) is 4.54. The van der Waals surface area contributed by atoms with Crippen molar-refractivity contribution in [1.29, 1.82) is 5.26 Å². The number of hydrogen-bond acceptors (Lipinski definition) is 4. The standard InChI is InChI=1S/C22H27FN2O2S/c1-22(2,3)28(26,27)14-15-4-6-17(7-5-15)19-11-21(25-13-19)18-8-16(12-24)9-20(23)10-18/h8-11,15,17H,4-7,13-14H2,1-3H3. The van der Waals surface area contributed by atoms with Crippen LogP contribution in [0.2, 0.25) is 0 Å². The Balaban J connectivity index is 1.63. The molecule has 0 saturated heterocycles. The maximum atomic E-state index is 13.7. The third kappa shape index (κ3) is 4.52. The Hall–Kier alpha value is -2.00. The second kappa shape index (κ2) is 7.79. The summed E-state index contributed by atoms with van der Waals surface area (Å²) in [7, 11) is -3.09.